The molecular formula is C35H48N4O7. The number of hydrazone groups is 1. The molecule has 0 bridgehead atoms. The number of nitrogens with one attached hydrogen (secondary N) is 1. The molecule has 46 heavy (non-hydrogen) atoms. The number of aliphatic carboxylic acids is 1. The summed E-state index contributed by atoms with van der Waals surface area (Å²) in [5.74, 6) is 0.163. The zero-order chi connectivity index (χ0) is 33.6. The van der Waals surface area contributed by atoms with Crippen molar-refractivity contribution >= 4 is 34.5 Å². The molecule has 0 aliphatic heterocycles. The first-order chi connectivity index (χ1) is 21.4. The van der Waals surface area contributed by atoms with E-state index in [4.69, 9.17) is 5.10 Å². The highest BCUT2D eigenvalue weighted by atomic mass is 16.6. The molecule has 0 saturated heterocycles. The number of hydrogen-bond acceptors (Lipinski definition) is 8. The Bertz CT molecular complexity index is 1540. The summed E-state index contributed by atoms with van der Waals surface area (Å²) in [5, 5.41) is 38.2. The van der Waals surface area contributed by atoms with Crippen LogP contribution in [0.5, 0.6) is 0 Å². The molecule has 0 heterocycles. The van der Waals surface area contributed by atoms with Gasteiger partial charge in [0, 0.05) is 23.1 Å². The van der Waals surface area contributed by atoms with E-state index in [-0.39, 0.29) is 62.3 Å². The topological polar surface area (TPSA) is 165 Å². The van der Waals surface area contributed by atoms with Crippen molar-refractivity contribution in [1.29, 1.82) is 0 Å². The molecule has 0 aromatic heterocycles. The summed E-state index contributed by atoms with van der Waals surface area (Å²) in [4.78, 5) is 47.4. The summed E-state index contributed by atoms with van der Waals surface area (Å²) in [7, 11) is 0. The van der Waals surface area contributed by atoms with Crippen molar-refractivity contribution in [3.63, 3.8) is 0 Å². The summed E-state index contributed by atoms with van der Waals surface area (Å²) in [6, 6.07) is 3.55. The van der Waals surface area contributed by atoms with E-state index >= 15 is 0 Å². The Hall–Kier alpha value is -3.37. The number of anilines is 1. The molecule has 250 valence electrons. The number of carboxylic acid groups (broad SMARTS) is 1. The number of non-ortho nitro benzene ring substituents is 1. The quantitative estimate of drug-likeness (QED) is 0.234. The van der Waals surface area contributed by atoms with Gasteiger partial charge >= 0.3 is 11.7 Å². The lowest BCUT2D eigenvalue weighted by Gasteiger charge is -2.72. The van der Waals surface area contributed by atoms with Gasteiger partial charge in [-0.05, 0) is 117 Å². The van der Waals surface area contributed by atoms with E-state index in [0.717, 1.165) is 56.7 Å². The molecule has 1 aromatic rings. The van der Waals surface area contributed by atoms with Crippen LogP contribution in [-0.4, -0.2) is 32.4 Å². The number of nitrogens with zero attached hydrogens (tertiary/aromatic N) is 3. The standard InChI is InChI=1S/C35H48N4O7/c1-20(40)22-11-16-35(30(41)42)18-17-33(5)23(29(22)35)8-10-27-32(4)14-13-28(31(2,3)26(32)12-15-34(27,33)6)37-36-24-9-7-21(38(43)44)19-25(24)39(45)46/h7,9,19,22-23,26-27,29,36H,8,10-18H2,1-6H3,(H,41,42)/b37-28+/t22-,23+,26-,27+,29+,32-,33+,34+,35-/m0/s1. The zero-order valence-corrected chi connectivity index (χ0v) is 27.9. The smallest absolute Gasteiger partial charge is 0.309 e. The second kappa shape index (κ2) is 10.6. The molecular weight excluding hydrogens is 588 g/mol. The van der Waals surface area contributed by atoms with Gasteiger partial charge in [0.2, 0.25) is 0 Å². The Kier molecular flexibility index (Phi) is 7.48. The van der Waals surface area contributed by atoms with Crippen LogP contribution in [0.3, 0.4) is 0 Å². The van der Waals surface area contributed by atoms with Gasteiger partial charge in [-0.25, -0.2) is 0 Å². The minimum absolute atomic E-state index is 0.0120. The van der Waals surface area contributed by atoms with Crippen LogP contribution in [0.4, 0.5) is 17.1 Å². The van der Waals surface area contributed by atoms with E-state index in [1.54, 1.807) is 6.92 Å². The Morgan fingerprint density at radius 2 is 1.61 bits per heavy atom. The zero-order valence-electron chi connectivity index (χ0n) is 27.9. The Morgan fingerprint density at radius 1 is 0.891 bits per heavy atom. The van der Waals surface area contributed by atoms with E-state index in [1.165, 1.54) is 12.1 Å². The van der Waals surface area contributed by atoms with Crippen LogP contribution in [-0.2, 0) is 9.59 Å². The third kappa shape index (κ3) is 4.31. The predicted octanol–water partition coefficient (Wildman–Crippen LogP) is 8.03. The molecule has 9 atom stereocenters. The number of Topliss-reactive ketones (excluding diaryl/α,β-unsaturated/α-hetero) is 1. The average Bonchev–Trinajstić information content (AvgIpc) is 3.38. The van der Waals surface area contributed by atoms with Crippen LogP contribution >= 0.6 is 0 Å². The number of rotatable bonds is 6. The van der Waals surface area contributed by atoms with Crippen LogP contribution in [0.2, 0.25) is 0 Å². The summed E-state index contributed by atoms with van der Waals surface area (Å²) in [6.07, 6.45) is 8.50. The molecule has 5 fully saturated rings. The van der Waals surface area contributed by atoms with E-state index in [2.05, 4.69) is 40.0 Å². The first-order valence-electron chi connectivity index (χ1n) is 16.9. The number of carbonyl (C=O) groups is 2. The first-order valence-corrected chi connectivity index (χ1v) is 16.9. The largest absolute Gasteiger partial charge is 0.481 e. The van der Waals surface area contributed by atoms with Crippen molar-refractivity contribution in [3.8, 4) is 0 Å². The van der Waals surface area contributed by atoms with Crippen molar-refractivity contribution in [2.75, 3.05) is 5.43 Å². The molecule has 0 amide bonds. The van der Waals surface area contributed by atoms with Gasteiger partial charge in [-0.3, -0.25) is 35.2 Å². The summed E-state index contributed by atoms with van der Waals surface area (Å²) < 4.78 is 0. The predicted molar refractivity (Wildman–Crippen MR) is 173 cm³/mol. The molecule has 0 spiro atoms. The molecule has 0 radical (unpaired) electrons. The first kappa shape index (κ1) is 32.6. The molecule has 5 aliphatic rings. The monoisotopic (exact) mass is 636 g/mol. The second-order valence-electron chi connectivity index (χ2n) is 16.5. The lowest BCUT2D eigenvalue weighted by Crippen LogP contribution is -2.66. The van der Waals surface area contributed by atoms with Crippen LogP contribution in [0.15, 0.2) is 23.3 Å². The lowest BCUT2D eigenvalue weighted by molar-refractivity contribution is -0.393. The number of fused-ring (bicyclic) bond motifs is 7. The summed E-state index contributed by atoms with van der Waals surface area (Å²) in [5.41, 5.74) is 2.16. The fourth-order valence-corrected chi connectivity index (χ4v) is 12.4. The van der Waals surface area contributed by atoms with E-state index < -0.39 is 21.2 Å². The number of carboxylic acids is 1. The van der Waals surface area contributed by atoms with Crippen molar-refractivity contribution in [2.24, 2.45) is 61.8 Å². The van der Waals surface area contributed by atoms with Crippen molar-refractivity contribution < 1.29 is 24.5 Å². The number of hydrogen-bond donors (Lipinski definition) is 2. The van der Waals surface area contributed by atoms with Gasteiger partial charge in [-0.1, -0.05) is 34.6 Å². The third-order valence-electron chi connectivity index (χ3n) is 14.9. The van der Waals surface area contributed by atoms with Crippen LogP contribution < -0.4 is 5.43 Å². The van der Waals surface area contributed by atoms with E-state index in [0.29, 0.717) is 31.1 Å². The fourth-order valence-electron chi connectivity index (χ4n) is 12.4. The highest BCUT2D eigenvalue weighted by Crippen LogP contribution is 2.77. The lowest BCUT2D eigenvalue weighted by atomic mass is 9.32. The van der Waals surface area contributed by atoms with Gasteiger partial charge < -0.3 is 5.11 Å². The van der Waals surface area contributed by atoms with E-state index in [1.807, 2.05) is 0 Å². The number of nitro benzene ring substituents is 2. The molecule has 11 heteroatoms. The van der Waals surface area contributed by atoms with Gasteiger partial charge in [-0.2, -0.15) is 5.10 Å². The maximum Gasteiger partial charge on any atom is 0.309 e. The highest BCUT2D eigenvalue weighted by molar-refractivity contribution is 5.91. The van der Waals surface area contributed by atoms with Gasteiger partial charge in [0.05, 0.1) is 21.3 Å². The Labute approximate surface area is 270 Å². The molecule has 6 rings (SSSR count). The second-order valence-corrected chi connectivity index (χ2v) is 16.5. The van der Waals surface area contributed by atoms with E-state index in [9.17, 15) is 34.9 Å². The van der Waals surface area contributed by atoms with Gasteiger partial charge in [0.1, 0.15) is 11.5 Å². The molecule has 0 unspecified atom stereocenters. The molecule has 11 nitrogen and oxygen atoms in total. The average molecular weight is 637 g/mol. The van der Waals surface area contributed by atoms with Crippen molar-refractivity contribution in [2.45, 2.75) is 106 Å². The third-order valence-corrected chi connectivity index (χ3v) is 14.9. The minimum atomic E-state index is -0.783. The van der Waals surface area contributed by atoms with Crippen LogP contribution in [0.1, 0.15) is 106 Å². The van der Waals surface area contributed by atoms with Gasteiger partial charge in [-0.15, -0.1) is 0 Å². The fraction of sp³-hybridized carbons (Fsp3) is 0.743. The minimum Gasteiger partial charge on any atom is -0.481 e. The SMILES string of the molecule is CC(=O)[C@@H]1CC[C@]2(C(=O)O)CC[C@]3(C)[C@H](CC[C@@H]4[C@@]5(C)CC/C(=N\Nc6ccc([N+](=O)[O-])cc6[N+](=O)[O-])C(C)(C)[C@@H]5CC[C@]43C)[C@@H]12. The molecule has 5 saturated carbocycles. The highest BCUT2D eigenvalue weighted by Gasteiger charge is 2.72. The number of benzene rings is 1. The number of ketones is 1. The van der Waals surface area contributed by atoms with Crippen LogP contribution in [0.25, 0.3) is 0 Å². The van der Waals surface area contributed by atoms with Gasteiger partial charge in [0.15, 0.2) is 0 Å². The summed E-state index contributed by atoms with van der Waals surface area (Å²) >= 11 is 0. The number of nitro groups is 2. The van der Waals surface area contributed by atoms with Crippen LogP contribution in [0, 0.1) is 76.9 Å². The van der Waals surface area contributed by atoms with Crippen molar-refractivity contribution in [1.82, 2.24) is 0 Å². The molecule has 2 N–H and O–H groups in total. The number of carbonyl (C=O) groups excluding carboxylic acids is 1. The Balaban J connectivity index is 1.30. The summed E-state index contributed by atoms with van der Waals surface area (Å²) in [6.45, 7) is 13.5. The molecule has 5 aliphatic carbocycles. The normalized spacial score (nSPS) is 41.8. The molecule has 1 aromatic carbocycles. The van der Waals surface area contributed by atoms with Crippen molar-refractivity contribution in [3.05, 3.63) is 38.4 Å². The maximum atomic E-state index is 12.9. The Morgan fingerprint density at radius 3 is 2.24 bits per heavy atom. The van der Waals surface area contributed by atoms with Gasteiger partial charge in [0.25, 0.3) is 5.69 Å². The maximum absolute atomic E-state index is 12.9.